The lowest BCUT2D eigenvalue weighted by atomic mass is 10.1. The molecule has 5 aromatic rings. The van der Waals surface area contributed by atoms with Gasteiger partial charge in [0.1, 0.15) is 22.6 Å². The molecule has 0 aliphatic carbocycles. The Morgan fingerprint density at radius 3 is 2.53 bits per heavy atom. The van der Waals surface area contributed by atoms with Crippen molar-refractivity contribution in [2.45, 2.75) is 5.16 Å². The first-order valence-electron chi connectivity index (χ1n) is 11.1. The molecule has 180 valence electrons. The van der Waals surface area contributed by atoms with Crippen LogP contribution in [-0.4, -0.2) is 33.3 Å². The van der Waals surface area contributed by atoms with E-state index in [9.17, 15) is 14.0 Å². The van der Waals surface area contributed by atoms with Crippen LogP contribution in [-0.2, 0) is 4.79 Å². The number of amides is 1. The zero-order valence-corrected chi connectivity index (χ0v) is 20.0. The number of hydrogen-bond donors (Lipinski definition) is 2. The van der Waals surface area contributed by atoms with Gasteiger partial charge in [0, 0.05) is 11.8 Å². The molecule has 36 heavy (non-hydrogen) atoms. The minimum absolute atomic E-state index is 0.0116. The quantitative estimate of drug-likeness (QED) is 0.235. The van der Waals surface area contributed by atoms with Gasteiger partial charge in [0.05, 0.1) is 24.2 Å². The Morgan fingerprint density at radius 2 is 1.78 bits per heavy atom. The summed E-state index contributed by atoms with van der Waals surface area (Å²) in [5.74, 6) is -0.180. The fourth-order valence-electron chi connectivity index (χ4n) is 3.86. The van der Waals surface area contributed by atoms with E-state index >= 15 is 0 Å². The summed E-state index contributed by atoms with van der Waals surface area (Å²) in [4.78, 5) is 34.2. The number of thioether (sulfide) groups is 1. The van der Waals surface area contributed by atoms with Gasteiger partial charge in [-0.2, -0.15) is 0 Å². The molecule has 7 nitrogen and oxygen atoms in total. The van der Waals surface area contributed by atoms with E-state index in [-0.39, 0.29) is 17.2 Å². The van der Waals surface area contributed by atoms with Crippen LogP contribution >= 0.6 is 11.8 Å². The van der Waals surface area contributed by atoms with Crippen molar-refractivity contribution in [3.05, 3.63) is 101 Å². The first kappa shape index (κ1) is 23.4. The standard InChI is InChI=1S/C27H21FN4O3S/c1-35-22-10-6-5-9-21(22)30-23(33)16-36-27-31-24-20(17-7-3-2-4-8-17)15-29-25(24)26(34)32(27)19-13-11-18(28)12-14-19/h2-15,29H,16H2,1H3,(H,30,33). The number of methoxy groups -OCH3 is 1. The third kappa shape index (κ3) is 4.60. The van der Waals surface area contributed by atoms with E-state index in [1.807, 2.05) is 36.4 Å². The summed E-state index contributed by atoms with van der Waals surface area (Å²) in [6, 6.07) is 22.3. The number of aromatic amines is 1. The van der Waals surface area contributed by atoms with Gasteiger partial charge in [0.2, 0.25) is 5.91 Å². The third-order valence-corrected chi connectivity index (χ3v) is 6.49. The Bertz CT molecular complexity index is 1600. The Morgan fingerprint density at radius 1 is 1.06 bits per heavy atom. The molecule has 5 rings (SSSR count). The van der Waals surface area contributed by atoms with Gasteiger partial charge in [-0.3, -0.25) is 14.2 Å². The zero-order chi connectivity index (χ0) is 25.1. The Kier molecular flexibility index (Phi) is 6.55. The molecule has 0 bridgehead atoms. The topological polar surface area (TPSA) is 89.0 Å². The number of halogens is 1. The van der Waals surface area contributed by atoms with Crippen LogP contribution in [0.5, 0.6) is 5.75 Å². The summed E-state index contributed by atoms with van der Waals surface area (Å²) in [5, 5.41) is 3.14. The summed E-state index contributed by atoms with van der Waals surface area (Å²) in [6.45, 7) is 0. The first-order valence-corrected chi connectivity index (χ1v) is 12.0. The predicted octanol–water partition coefficient (Wildman–Crippen LogP) is 5.26. The first-order chi connectivity index (χ1) is 17.5. The molecule has 0 atom stereocenters. The number of carbonyl (C=O) groups is 1. The van der Waals surface area contributed by atoms with E-state index in [2.05, 4.69) is 10.3 Å². The lowest BCUT2D eigenvalue weighted by molar-refractivity contribution is -0.113. The Labute approximate surface area is 210 Å². The molecule has 0 spiro atoms. The molecule has 0 unspecified atom stereocenters. The normalized spacial score (nSPS) is 10.9. The molecule has 0 saturated heterocycles. The van der Waals surface area contributed by atoms with Gasteiger partial charge < -0.3 is 15.0 Å². The van der Waals surface area contributed by atoms with Crippen LogP contribution in [0.2, 0.25) is 0 Å². The molecule has 2 N–H and O–H groups in total. The lowest BCUT2D eigenvalue weighted by Crippen LogP contribution is -2.23. The maximum absolute atomic E-state index is 13.6. The van der Waals surface area contributed by atoms with Crippen LogP contribution in [0.25, 0.3) is 27.8 Å². The minimum Gasteiger partial charge on any atom is -0.495 e. The molecule has 0 aliphatic heterocycles. The van der Waals surface area contributed by atoms with Crippen molar-refractivity contribution < 1.29 is 13.9 Å². The number of nitrogens with zero attached hydrogens (tertiary/aromatic N) is 2. The summed E-state index contributed by atoms with van der Waals surface area (Å²) >= 11 is 1.11. The molecule has 0 fully saturated rings. The number of benzene rings is 3. The summed E-state index contributed by atoms with van der Waals surface area (Å²) < 4.78 is 20.3. The zero-order valence-electron chi connectivity index (χ0n) is 19.2. The third-order valence-electron chi connectivity index (χ3n) is 5.55. The highest BCUT2D eigenvalue weighted by atomic mass is 32.2. The van der Waals surface area contributed by atoms with Crippen molar-refractivity contribution >= 4 is 34.4 Å². The average molecular weight is 501 g/mol. The largest absolute Gasteiger partial charge is 0.495 e. The number of hydrogen-bond acceptors (Lipinski definition) is 5. The smallest absolute Gasteiger partial charge is 0.283 e. The second kappa shape index (κ2) is 10.1. The molecule has 0 saturated carbocycles. The van der Waals surface area contributed by atoms with Crippen LogP contribution in [0.4, 0.5) is 10.1 Å². The Balaban J connectivity index is 1.54. The SMILES string of the molecule is COc1ccccc1NC(=O)CSc1nc2c(-c3ccccc3)c[nH]c2c(=O)n1-c1ccc(F)cc1. The van der Waals surface area contributed by atoms with Crippen LogP contribution in [0, 0.1) is 5.82 Å². The van der Waals surface area contributed by atoms with Gasteiger partial charge in [-0.05, 0) is 42.0 Å². The highest BCUT2D eigenvalue weighted by molar-refractivity contribution is 7.99. The molecule has 3 aromatic carbocycles. The number of fused-ring (bicyclic) bond motifs is 1. The monoisotopic (exact) mass is 500 g/mol. The van der Waals surface area contributed by atoms with E-state index in [1.54, 1.807) is 24.4 Å². The lowest BCUT2D eigenvalue weighted by Gasteiger charge is -2.13. The van der Waals surface area contributed by atoms with E-state index < -0.39 is 5.82 Å². The molecule has 0 radical (unpaired) electrons. The number of H-pyrrole nitrogens is 1. The molecule has 1 amide bonds. The molecule has 9 heteroatoms. The number of anilines is 1. The van der Waals surface area contributed by atoms with Gasteiger partial charge >= 0.3 is 0 Å². The number of nitrogens with one attached hydrogen (secondary N) is 2. The van der Waals surface area contributed by atoms with Crippen LogP contribution < -0.4 is 15.6 Å². The van der Waals surface area contributed by atoms with E-state index in [4.69, 9.17) is 9.72 Å². The van der Waals surface area contributed by atoms with Gasteiger partial charge in [-0.1, -0.05) is 54.2 Å². The average Bonchev–Trinajstić information content (AvgIpc) is 3.33. The van der Waals surface area contributed by atoms with Gasteiger partial charge in [0.25, 0.3) is 5.56 Å². The molecule has 0 aliphatic rings. The number of para-hydroxylation sites is 2. The highest BCUT2D eigenvalue weighted by Gasteiger charge is 2.19. The van der Waals surface area contributed by atoms with Crippen molar-refractivity contribution in [3.63, 3.8) is 0 Å². The second-order valence-corrected chi connectivity index (χ2v) is 8.78. The van der Waals surface area contributed by atoms with Crippen LogP contribution in [0.1, 0.15) is 0 Å². The van der Waals surface area contributed by atoms with Gasteiger partial charge in [0.15, 0.2) is 5.16 Å². The molecular weight excluding hydrogens is 479 g/mol. The van der Waals surface area contributed by atoms with E-state index in [0.29, 0.717) is 33.3 Å². The maximum Gasteiger partial charge on any atom is 0.283 e. The summed E-state index contributed by atoms with van der Waals surface area (Å²) in [6.07, 6.45) is 1.74. The molecular formula is C27H21FN4O3S. The fraction of sp³-hybridized carbons (Fsp3) is 0.0741. The van der Waals surface area contributed by atoms with Crippen molar-refractivity contribution in [2.75, 3.05) is 18.2 Å². The number of rotatable bonds is 7. The van der Waals surface area contributed by atoms with Crippen molar-refractivity contribution in [1.29, 1.82) is 0 Å². The second-order valence-electron chi connectivity index (χ2n) is 7.84. The summed E-state index contributed by atoms with van der Waals surface area (Å²) in [7, 11) is 1.53. The number of carbonyl (C=O) groups excluding carboxylic acids is 1. The van der Waals surface area contributed by atoms with Crippen LogP contribution in [0.3, 0.4) is 0 Å². The van der Waals surface area contributed by atoms with Crippen molar-refractivity contribution in [2.24, 2.45) is 0 Å². The van der Waals surface area contributed by atoms with Crippen LogP contribution in [0.15, 0.2) is 95.0 Å². The van der Waals surface area contributed by atoms with E-state index in [0.717, 1.165) is 22.9 Å². The predicted molar refractivity (Wildman–Crippen MR) is 139 cm³/mol. The number of aromatic nitrogens is 3. The summed E-state index contributed by atoms with van der Waals surface area (Å²) in [5.41, 5.74) is 3.13. The van der Waals surface area contributed by atoms with Crippen molar-refractivity contribution in [3.8, 4) is 22.6 Å². The molecule has 2 aromatic heterocycles. The van der Waals surface area contributed by atoms with Gasteiger partial charge in [-0.25, -0.2) is 9.37 Å². The fourth-order valence-corrected chi connectivity index (χ4v) is 4.66. The highest BCUT2D eigenvalue weighted by Crippen LogP contribution is 2.29. The van der Waals surface area contributed by atoms with Crippen molar-refractivity contribution in [1.82, 2.24) is 14.5 Å². The molecule has 2 heterocycles. The Hall–Kier alpha value is -4.37. The maximum atomic E-state index is 13.6. The van der Waals surface area contributed by atoms with Gasteiger partial charge in [-0.15, -0.1) is 0 Å². The van der Waals surface area contributed by atoms with E-state index in [1.165, 1.54) is 35.9 Å². The number of ether oxygens (including phenoxy) is 1. The minimum atomic E-state index is -0.419.